The molecule has 0 saturated carbocycles. The van der Waals surface area contributed by atoms with Crippen LogP contribution in [0.1, 0.15) is 58.1 Å². The highest BCUT2D eigenvalue weighted by Crippen LogP contribution is 2.26. The second-order valence-corrected chi connectivity index (χ2v) is 8.20. The molecule has 2 rings (SSSR count). The fourth-order valence-corrected chi connectivity index (χ4v) is 4.19. The van der Waals surface area contributed by atoms with E-state index >= 15 is 0 Å². The number of aliphatic imine (C=N–C) groups is 1. The fraction of sp³-hybridized carbons (Fsp3) is 0.708. The van der Waals surface area contributed by atoms with Gasteiger partial charge < -0.3 is 20.3 Å². The van der Waals surface area contributed by atoms with Crippen LogP contribution in [-0.2, 0) is 0 Å². The molecule has 0 amide bonds. The van der Waals surface area contributed by atoms with Crippen LogP contribution in [0.2, 0.25) is 0 Å². The summed E-state index contributed by atoms with van der Waals surface area (Å²) in [4.78, 5) is 9.53. The Bertz CT molecular complexity index is 615. The molecule has 1 fully saturated rings. The molecule has 1 aliphatic rings. The van der Waals surface area contributed by atoms with E-state index in [-0.39, 0.29) is 24.0 Å². The number of guanidine groups is 1. The van der Waals surface area contributed by atoms with Gasteiger partial charge in [0.2, 0.25) is 0 Å². The van der Waals surface area contributed by atoms with Gasteiger partial charge in [0.1, 0.15) is 5.75 Å². The van der Waals surface area contributed by atoms with Crippen molar-refractivity contribution in [3.63, 3.8) is 0 Å². The first-order valence-electron chi connectivity index (χ1n) is 11.7. The molecule has 0 bridgehead atoms. The average molecular weight is 546 g/mol. The van der Waals surface area contributed by atoms with Crippen LogP contribution in [0.25, 0.3) is 0 Å². The molecular weight excluding hydrogens is 501 g/mol. The molecular formula is C24H44IN5O. The number of nitrogens with one attached hydrogen (secondary N) is 2. The Morgan fingerprint density at radius 3 is 2.35 bits per heavy atom. The lowest BCUT2D eigenvalue weighted by Gasteiger charge is -2.29. The number of benzene rings is 1. The molecule has 1 heterocycles. The predicted octanol–water partition coefficient (Wildman–Crippen LogP) is 4.13. The van der Waals surface area contributed by atoms with Crippen molar-refractivity contribution in [2.24, 2.45) is 4.99 Å². The second kappa shape index (κ2) is 15.7. The third-order valence-electron chi connectivity index (χ3n) is 6.16. The van der Waals surface area contributed by atoms with Crippen LogP contribution in [0.3, 0.4) is 0 Å². The van der Waals surface area contributed by atoms with E-state index in [1.54, 1.807) is 7.11 Å². The first-order chi connectivity index (χ1) is 14.6. The average Bonchev–Trinajstić information content (AvgIpc) is 3.31. The minimum atomic E-state index is 0. The van der Waals surface area contributed by atoms with Crippen molar-refractivity contribution in [1.29, 1.82) is 0 Å². The molecule has 6 nitrogen and oxygen atoms in total. The SMILES string of the molecule is CCN(CC)CCCC(C)NC(=NC)NCC(c1ccc(OC)cc1)N1CCCC1.I. The zero-order valence-electron chi connectivity index (χ0n) is 20.2. The monoisotopic (exact) mass is 545 g/mol. The van der Waals surface area contributed by atoms with Gasteiger partial charge in [-0.05, 0) is 83.0 Å². The molecule has 1 saturated heterocycles. The number of rotatable bonds is 12. The van der Waals surface area contributed by atoms with Crippen LogP contribution in [-0.4, -0.2) is 75.2 Å². The van der Waals surface area contributed by atoms with Gasteiger partial charge in [-0.2, -0.15) is 0 Å². The summed E-state index contributed by atoms with van der Waals surface area (Å²) in [6, 6.07) is 9.24. The Morgan fingerprint density at radius 2 is 1.81 bits per heavy atom. The maximum absolute atomic E-state index is 5.33. The van der Waals surface area contributed by atoms with Gasteiger partial charge in [-0.3, -0.25) is 9.89 Å². The van der Waals surface area contributed by atoms with Gasteiger partial charge in [-0.15, -0.1) is 24.0 Å². The minimum absolute atomic E-state index is 0. The fourth-order valence-electron chi connectivity index (χ4n) is 4.19. The molecule has 0 aliphatic carbocycles. The van der Waals surface area contributed by atoms with Gasteiger partial charge in [0.15, 0.2) is 5.96 Å². The molecule has 178 valence electrons. The quantitative estimate of drug-likeness (QED) is 0.235. The van der Waals surface area contributed by atoms with Crippen LogP contribution in [0.15, 0.2) is 29.3 Å². The van der Waals surface area contributed by atoms with Crippen LogP contribution >= 0.6 is 24.0 Å². The van der Waals surface area contributed by atoms with Crippen molar-refractivity contribution in [3.8, 4) is 5.75 Å². The Morgan fingerprint density at radius 1 is 1.16 bits per heavy atom. The van der Waals surface area contributed by atoms with Crippen molar-refractivity contribution < 1.29 is 4.74 Å². The van der Waals surface area contributed by atoms with Gasteiger partial charge in [-0.25, -0.2) is 0 Å². The maximum atomic E-state index is 5.33. The lowest BCUT2D eigenvalue weighted by Crippen LogP contribution is -2.45. The number of hydrogen-bond donors (Lipinski definition) is 2. The summed E-state index contributed by atoms with van der Waals surface area (Å²) < 4.78 is 5.33. The summed E-state index contributed by atoms with van der Waals surface area (Å²) in [5.41, 5.74) is 1.33. The number of methoxy groups -OCH3 is 1. The molecule has 0 radical (unpaired) electrons. The first-order valence-corrected chi connectivity index (χ1v) is 11.7. The summed E-state index contributed by atoms with van der Waals surface area (Å²) >= 11 is 0. The van der Waals surface area contributed by atoms with E-state index < -0.39 is 0 Å². The minimum Gasteiger partial charge on any atom is -0.497 e. The summed E-state index contributed by atoms with van der Waals surface area (Å²) in [5.74, 6) is 1.80. The molecule has 2 N–H and O–H groups in total. The highest BCUT2D eigenvalue weighted by Gasteiger charge is 2.24. The van der Waals surface area contributed by atoms with E-state index in [1.807, 2.05) is 7.05 Å². The summed E-state index contributed by atoms with van der Waals surface area (Å²) in [6.07, 6.45) is 4.91. The van der Waals surface area contributed by atoms with Crippen LogP contribution < -0.4 is 15.4 Å². The Labute approximate surface area is 207 Å². The normalized spacial score (nSPS) is 16.6. The van der Waals surface area contributed by atoms with Gasteiger partial charge in [0.25, 0.3) is 0 Å². The zero-order valence-corrected chi connectivity index (χ0v) is 22.5. The van der Waals surface area contributed by atoms with E-state index in [4.69, 9.17) is 4.74 Å². The zero-order chi connectivity index (χ0) is 21.8. The predicted molar refractivity (Wildman–Crippen MR) is 143 cm³/mol. The highest BCUT2D eigenvalue weighted by atomic mass is 127. The third kappa shape index (κ3) is 9.53. The Balaban J connectivity index is 0.00000480. The van der Waals surface area contributed by atoms with Gasteiger partial charge in [0, 0.05) is 19.6 Å². The first kappa shape index (κ1) is 28.0. The molecule has 0 aromatic heterocycles. The second-order valence-electron chi connectivity index (χ2n) is 8.20. The number of halogens is 1. The Kier molecular flexibility index (Phi) is 14.2. The van der Waals surface area contributed by atoms with Crippen LogP contribution in [0.4, 0.5) is 0 Å². The van der Waals surface area contributed by atoms with E-state index in [9.17, 15) is 0 Å². The standard InChI is InChI=1S/C24H43N5O.HI/c1-6-28(7-2)16-10-11-20(3)27-24(25-4)26-19-23(29-17-8-9-18-29)21-12-14-22(30-5)15-13-21;/h12-15,20,23H,6-11,16-19H2,1-5H3,(H2,25,26,27);1H. The molecule has 1 aliphatic heterocycles. The molecule has 2 atom stereocenters. The third-order valence-corrected chi connectivity index (χ3v) is 6.16. The van der Waals surface area contributed by atoms with Crippen molar-refractivity contribution in [1.82, 2.24) is 20.4 Å². The van der Waals surface area contributed by atoms with E-state index in [2.05, 4.69) is 70.5 Å². The van der Waals surface area contributed by atoms with E-state index in [0.29, 0.717) is 12.1 Å². The van der Waals surface area contributed by atoms with Crippen molar-refractivity contribution in [2.45, 2.75) is 58.5 Å². The van der Waals surface area contributed by atoms with E-state index in [0.717, 1.165) is 50.9 Å². The maximum Gasteiger partial charge on any atom is 0.191 e. The van der Waals surface area contributed by atoms with Crippen molar-refractivity contribution in [3.05, 3.63) is 29.8 Å². The van der Waals surface area contributed by atoms with Crippen molar-refractivity contribution in [2.75, 3.05) is 53.4 Å². The summed E-state index contributed by atoms with van der Waals surface area (Å²) in [5, 5.41) is 7.16. The molecule has 7 heteroatoms. The van der Waals surface area contributed by atoms with Gasteiger partial charge >= 0.3 is 0 Å². The molecule has 0 spiro atoms. The number of nitrogens with zero attached hydrogens (tertiary/aromatic N) is 3. The van der Waals surface area contributed by atoms with E-state index in [1.165, 1.54) is 31.4 Å². The summed E-state index contributed by atoms with van der Waals surface area (Å²) in [6.45, 7) is 13.3. The van der Waals surface area contributed by atoms with Crippen LogP contribution in [0.5, 0.6) is 5.75 Å². The molecule has 31 heavy (non-hydrogen) atoms. The molecule has 1 aromatic rings. The van der Waals surface area contributed by atoms with Gasteiger partial charge in [-0.1, -0.05) is 26.0 Å². The Hall–Kier alpha value is -1.06. The highest BCUT2D eigenvalue weighted by molar-refractivity contribution is 14.0. The number of ether oxygens (including phenoxy) is 1. The lowest BCUT2D eigenvalue weighted by atomic mass is 10.1. The van der Waals surface area contributed by atoms with Crippen LogP contribution in [0, 0.1) is 0 Å². The van der Waals surface area contributed by atoms with Crippen molar-refractivity contribution >= 4 is 29.9 Å². The summed E-state index contributed by atoms with van der Waals surface area (Å²) in [7, 11) is 3.57. The molecule has 1 aromatic carbocycles. The smallest absolute Gasteiger partial charge is 0.191 e. The lowest BCUT2D eigenvalue weighted by molar-refractivity contribution is 0.245. The largest absolute Gasteiger partial charge is 0.497 e. The number of likely N-dealkylation sites (tertiary alicyclic amines) is 1. The number of hydrogen-bond acceptors (Lipinski definition) is 4. The molecule has 2 unspecified atom stereocenters. The van der Waals surface area contributed by atoms with Gasteiger partial charge in [0.05, 0.1) is 13.2 Å². The topological polar surface area (TPSA) is 52.1 Å².